The van der Waals surface area contributed by atoms with Crippen molar-refractivity contribution in [2.75, 3.05) is 6.61 Å². The largest absolute Gasteiger partial charge is 1.00 e. The van der Waals surface area contributed by atoms with E-state index in [2.05, 4.69) is 0 Å². The van der Waals surface area contributed by atoms with Gasteiger partial charge >= 0.3 is 35.5 Å². The molecular formula is C14H25NaO7S. The zero-order valence-corrected chi connectivity index (χ0v) is 17.1. The van der Waals surface area contributed by atoms with Crippen LogP contribution >= 0.6 is 0 Å². The van der Waals surface area contributed by atoms with Gasteiger partial charge in [-0.2, -0.15) is 8.42 Å². The summed E-state index contributed by atoms with van der Waals surface area (Å²) in [6, 6.07) is 0. The van der Waals surface area contributed by atoms with Crippen LogP contribution in [-0.4, -0.2) is 36.8 Å². The predicted molar refractivity (Wildman–Crippen MR) is 78.5 cm³/mol. The Morgan fingerprint density at radius 1 is 1.22 bits per heavy atom. The number of esters is 1. The molecule has 0 rings (SSSR count). The molecule has 0 aromatic rings. The van der Waals surface area contributed by atoms with E-state index in [1.807, 2.05) is 20.8 Å². The fourth-order valence-electron chi connectivity index (χ4n) is 2.21. The van der Waals surface area contributed by atoms with Crippen molar-refractivity contribution >= 4 is 22.1 Å². The summed E-state index contributed by atoms with van der Waals surface area (Å²) in [6.45, 7) is 5.94. The molecule has 0 fully saturated rings. The molecule has 0 aromatic carbocycles. The van der Waals surface area contributed by atoms with Gasteiger partial charge in [-0.1, -0.05) is 33.6 Å². The maximum Gasteiger partial charge on any atom is 1.00 e. The minimum atomic E-state index is -4.85. The van der Waals surface area contributed by atoms with Gasteiger partial charge in [0.25, 0.3) is 10.1 Å². The van der Waals surface area contributed by atoms with Crippen LogP contribution in [0.5, 0.6) is 0 Å². The van der Waals surface area contributed by atoms with E-state index in [1.54, 1.807) is 0 Å². The van der Waals surface area contributed by atoms with Gasteiger partial charge in [0.15, 0.2) is 5.25 Å². The summed E-state index contributed by atoms with van der Waals surface area (Å²) in [6.07, 6.45) is 3.11. The molecule has 1 unspecified atom stereocenters. The Morgan fingerprint density at radius 2 is 1.74 bits per heavy atom. The second-order valence-corrected chi connectivity index (χ2v) is 7.10. The van der Waals surface area contributed by atoms with Crippen molar-refractivity contribution in [2.24, 2.45) is 5.41 Å². The van der Waals surface area contributed by atoms with Crippen molar-refractivity contribution < 1.29 is 62.0 Å². The molecule has 1 N–H and O–H groups in total. The number of carboxylic acid groups (broad SMARTS) is 1. The fraction of sp³-hybridized carbons (Fsp3) is 0.857. The third kappa shape index (κ3) is 9.05. The first-order chi connectivity index (χ1) is 10.1. The van der Waals surface area contributed by atoms with E-state index in [0.29, 0.717) is 0 Å². The van der Waals surface area contributed by atoms with Gasteiger partial charge in [-0.05, 0) is 19.3 Å². The molecule has 0 amide bonds. The van der Waals surface area contributed by atoms with Gasteiger partial charge in [0, 0.05) is 17.8 Å². The molecule has 0 saturated heterocycles. The molecule has 0 spiro atoms. The van der Waals surface area contributed by atoms with Gasteiger partial charge in [0.05, 0.1) is 6.61 Å². The van der Waals surface area contributed by atoms with Crippen LogP contribution in [0.2, 0.25) is 0 Å². The Balaban J connectivity index is 0. The summed E-state index contributed by atoms with van der Waals surface area (Å²) in [7, 11) is -4.85. The summed E-state index contributed by atoms with van der Waals surface area (Å²) in [5.74, 6) is -3.00. The van der Waals surface area contributed by atoms with Crippen LogP contribution in [-0.2, 0) is 24.4 Å². The number of rotatable bonds is 11. The standard InChI is InChI=1S/C14H26O7S.Na/c1-4-7-8-14(5-2,6-3)10-21-13(17)11(9-12(15)16)22(18,19)20;/h11H,4-10H2,1-3H3,(H,15,16)(H,18,19,20);/q;+1/p-1. The number of hydrogen-bond acceptors (Lipinski definition) is 6. The van der Waals surface area contributed by atoms with Gasteiger partial charge < -0.3 is 14.6 Å². The van der Waals surface area contributed by atoms with Gasteiger partial charge in [0.2, 0.25) is 0 Å². The summed E-state index contributed by atoms with van der Waals surface area (Å²) >= 11 is 0. The normalized spacial score (nSPS) is 13.0. The van der Waals surface area contributed by atoms with Crippen LogP contribution in [0.1, 0.15) is 59.3 Å². The van der Waals surface area contributed by atoms with E-state index in [0.717, 1.165) is 32.1 Å². The van der Waals surface area contributed by atoms with Crippen LogP contribution in [0.4, 0.5) is 0 Å². The van der Waals surface area contributed by atoms with E-state index < -0.39 is 33.7 Å². The molecule has 130 valence electrons. The van der Waals surface area contributed by atoms with Crippen molar-refractivity contribution in [1.29, 1.82) is 0 Å². The third-order valence-corrected chi connectivity index (χ3v) is 5.13. The molecule has 0 heterocycles. The molecule has 0 bridgehead atoms. The van der Waals surface area contributed by atoms with Gasteiger partial charge in [-0.25, -0.2) is 0 Å². The monoisotopic (exact) mass is 360 g/mol. The number of aliphatic carboxylic acids is 1. The molecule has 0 radical (unpaired) electrons. The molecule has 0 aliphatic rings. The molecule has 0 aliphatic heterocycles. The molecule has 0 aliphatic carbocycles. The van der Waals surface area contributed by atoms with E-state index in [9.17, 15) is 23.1 Å². The van der Waals surface area contributed by atoms with Crippen molar-refractivity contribution in [2.45, 2.75) is 64.5 Å². The number of carbonyl (C=O) groups is 2. The first-order valence-electron chi connectivity index (χ1n) is 7.44. The van der Waals surface area contributed by atoms with E-state index in [4.69, 9.17) is 9.29 Å². The van der Waals surface area contributed by atoms with E-state index in [-0.39, 0.29) is 41.6 Å². The Bertz CT molecular complexity index is 472. The molecular weight excluding hydrogens is 335 g/mol. The van der Waals surface area contributed by atoms with Crippen LogP contribution < -0.4 is 34.7 Å². The minimum Gasteiger partial charge on any atom is -0.550 e. The number of unbranched alkanes of at least 4 members (excludes halogenated alkanes) is 1. The number of carbonyl (C=O) groups excluding carboxylic acids is 2. The quantitative estimate of drug-likeness (QED) is 0.255. The Kier molecular flexibility index (Phi) is 12.5. The SMILES string of the molecule is CCCCC(CC)(CC)COC(=O)C(CC(=O)[O-])S(=O)(=O)O.[Na+]. The van der Waals surface area contributed by atoms with Gasteiger partial charge in [-0.3, -0.25) is 9.35 Å². The summed E-state index contributed by atoms with van der Waals surface area (Å²) in [5.41, 5.74) is -0.267. The van der Waals surface area contributed by atoms with Crippen molar-refractivity contribution in [1.82, 2.24) is 0 Å². The molecule has 0 saturated carbocycles. The van der Waals surface area contributed by atoms with Crippen LogP contribution in [0.3, 0.4) is 0 Å². The summed E-state index contributed by atoms with van der Waals surface area (Å²) < 4.78 is 36.2. The van der Waals surface area contributed by atoms with Crippen LogP contribution in [0, 0.1) is 5.41 Å². The van der Waals surface area contributed by atoms with E-state index >= 15 is 0 Å². The molecule has 23 heavy (non-hydrogen) atoms. The average Bonchev–Trinajstić information content (AvgIpc) is 2.44. The van der Waals surface area contributed by atoms with Gasteiger partial charge in [-0.15, -0.1) is 0 Å². The fourth-order valence-corrected chi connectivity index (χ4v) is 2.87. The Hall–Kier alpha value is -0.150. The zero-order chi connectivity index (χ0) is 17.4. The molecule has 9 heteroatoms. The van der Waals surface area contributed by atoms with Crippen molar-refractivity contribution in [3.8, 4) is 0 Å². The first-order valence-corrected chi connectivity index (χ1v) is 8.95. The second kappa shape index (κ2) is 11.4. The van der Waals surface area contributed by atoms with Crippen molar-refractivity contribution in [3.63, 3.8) is 0 Å². The predicted octanol–water partition coefficient (Wildman–Crippen LogP) is -2.07. The number of hydrogen-bond donors (Lipinski definition) is 1. The second-order valence-electron chi connectivity index (χ2n) is 5.50. The first kappa shape index (κ1) is 25.1. The third-order valence-electron chi connectivity index (χ3n) is 4.06. The van der Waals surface area contributed by atoms with E-state index in [1.165, 1.54) is 0 Å². The smallest absolute Gasteiger partial charge is 0.550 e. The van der Waals surface area contributed by atoms with Crippen LogP contribution in [0.15, 0.2) is 0 Å². The summed E-state index contributed by atoms with van der Waals surface area (Å²) in [4.78, 5) is 22.3. The van der Waals surface area contributed by atoms with Crippen LogP contribution in [0.25, 0.3) is 0 Å². The summed E-state index contributed by atoms with van der Waals surface area (Å²) in [5, 5.41) is 8.38. The Labute approximate surface area is 160 Å². The minimum absolute atomic E-state index is 0. The van der Waals surface area contributed by atoms with Gasteiger partial charge in [0.1, 0.15) is 0 Å². The maximum atomic E-state index is 11.8. The van der Waals surface area contributed by atoms with Crippen molar-refractivity contribution in [3.05, 3.63) is 0 Å². The average molecular weight is 360 g/mol. The Morgan fingerprint density at radius 3 is 2.09 bits per heavy atom. The zero-order valence-electron chi connectivity index (χ0n) is 14.3. The molecule has 7 nitrogen and oxygen atoms in total. The topological polar surface area (TPSA) is 121 Å². The maximum absolute atomic E-state index is 11.8. The molecule has 1 atom stereocenters. The molecule has 0 aromatic heterocycles. The number of carboxylic acids is 1. The number of ether oxygens (including phenoxy) is 1.